The SMILES string of the molecule is Cc1cnc2ccc(-c3nc(C(=O)CCc4cccc(N5CC(CN(C)C)C5)n4)c(N)nc3-c3ncco3)cn12. The van der Waals surface area contributed by atoms with Gasteiger partial charge in [-0.25, -0.2) is 24.9 Å². The third-order valence-electron chi connectivity index (χ3n) is 7.09. The maximum atomic E-state index is 13.4. The Hall–Kier alpha value is -4.64. The van der Waals surface area contributed by atoms with E-state index in [9.17, 15) is 4.79 Å². The number of aryl methyl sites for hydroxylation is 2. The van der Waals surface area contributed by atoms with Crippen molar-refractivity contribution in [3.63, 3.8) is 0 Å². The van der Waals surface area contributed by atoms with Gasteiger partial charge in [0.15, 0.2) is 17.3 Å². The smallest absolute Gasteiger partial charge is 0.247 e. The van der Waals surface area contributed by atoms with E-state index in [4.69, 9.17) is 20.1 Å². The molecule has 2 N–H and O–H groups in total. The maximum absolute atomic E-state index is 13.4. The maximum Gasteiger partial charge on any atom is 0.247 e. The topological polar surface area (TPSA) is 132 Å². The molecule has 0 spiro atoms. The molecule has 40 heavy (non-hydrogen) atoms. The quantitative estimate of drug-likeness (QED) is 0.278. The molecule has 0 radical (unpaired) electrons. The van der Waals surface area contributed by atoms with Crippen LogP contribution in [-0.4, -0.2) is 73.7 Å². The Balaban J connectivity index is 1.24. The molecule has 1 aliphatic rings. The lowest BCUT2D eigenvalue weighted by molar-refractivity contribution is 0.0978. The molecule has 1 aliphatic heterocycles. The molecule has 5 aromatic heterocycles. The molecule has 5 aromatic rings. The van der Waals surface area contributed by atoms with Gasteiger partial charge in [-0.2, -0.15) is 0 Å². The first-order chi connectivity index (χ1) is 19.4. The standard InChI is InChI=1S/C29H31N9O2/c1-18-13-32-23-10-7-20(17-38(18)23)25-27(29-31-11-12-40-29)35-28(30)26(34-25)22(39)9-8-21-5-4-6-24(33-21)37-15-19(16-37)14-36(2)3/h4-7,10-13,17,19H,8-9,14-16H2,1-3H3,(H2,30,35). The second kappa shape index (κ2) is 10.5. The number of nitrogens with two attached hydrogens (primary N) is 1. The number of Topliss-reactive ketones (excluding diaryl/α,β-unsaturated/α-hetero) is 1. The monoisotopic (exact) mass is 537 g/mol. The molecule has 0 bridgehead atoms. The number of carbonyl (C=O) groups is 1. The van der Waals surface area contributed by atoms with E-state index in [-0.39, 0.29) is 29.6 Å². The summed E-state index contributed by atoms with van der Waals surface area (Å²) < 4.78 is 7.47. The van der Waals surface area contributed by atoms with Gasteiger partial charge in [0, 0.05) is 61.3 Å². The van der Waals surface area contributed by atoms with Gasteiger partial charge >= 0.3 is 0 Å². The molecule has 204 valence electrons. The third kappa shape index (κ3) is 5.03. The fraction of sp³-hybridized carbons (Fsp3) is 0.310. The molecule has 0 amide bonds. The van der Waals surface area contributed by atoms with Crippen LogP contribution in [0.2, 0.25) is 0 Å². The van der Waals surface area contributed by atoms with Crippen LogP contribution in [0.4, 0.5) is 11.6 Å². The van der Waals surface area contributed by atoms with Crippen LogP contribution < -0.4 is 10.6 Å². The Labute approximate surface area is 231 Å². The molecule has 0 saturated carbocycles. The minimum atomic E-state index is -0.202. The van der Waals surface area contributed by atoms with Gasteiger partial charge in [-0.1, -0.05) is 6.07 Å². The number of rotatable bonds is 9. The molecule has 0 aromatic carbocycles. The number of carbonyl (C=O) groups excluding carboxylic acids is 1. The summed E-state index contributed by atoms with van der Waals surface area (Å²) in [7, 11) is 4.19. The van der Waals surface area contributed by atoms with Crippen molar-refractivity contribution in [2.75, 3.05) is 44.4 Å². The Bertz CT molecular complexity index is 1670. The Morgan fingerprint density at radius 2 is 1.95 bits per heavy atom. The average molecular weight is 538 g/mol. The van der Waals surface area contributed by atoms with E-state index in [1.165, 1.54) is 12.5 Å². The number of aromatic nitrogens is 6. The average Bonchev–Trinajstić information content (AvgIpc) is 3.59. The molecular weight excluding hydrogens is 506 g/mol. The summed E-state index contributed by atoms with van der Waals surface area (Å²) in [5.74, 6) is 1.71. The van der Waals surface area contributed by atoms with Gasteiger partial charge in [0.2, 0.25) is 5.89 Å². The third-order valence-corrected chi connectivity index (χ3v) is 7.09. The normalized spacial score (nSPS) is 13.8. The van der Waals surface area contributed by atoms with Gasteiger partial charge in [0.25, 0.3) is 0 Å². The van der Waals surface area contributed by atoms with Crippen LogP contribution in [0.5, 0.6) is 0 Å². The van der Waals surface area contributed by atoms with E-state index in [1.54, 1.807) is 6.20 Å². The van der Waals surface area contributed by atoms with Gasteiger partial charge in [0.05, 0.1) is 6.20 Å². The van der Waals surface area contributed by atoms with Crippen LogP contribution in [0.3, 0.4) is 0 Å². The summed E-state index contributed by atoms with van der Waals surface area (Å²) in [6.45, 7) is 5.02. The lowest BCUT2D eigenvalue weighted by Gasteiger charge is -2.41. The Morgan fingerprint density at radius 3 is 2.73 bits per heavy atom. The molecule has 11 nitrogen and oxygen atoms in total. The van der Waals surface area contributed by atoms with Crippen molar-refractivity contribution in [1.29, 1.82) is 0 Å². The minimum Gasteiger partial charge on any atom is -0.443 e. The van der Waals surface area contributed by atoms with E-state index < -0.39 is 0 Å². The van der Waals surface area contributed by atoms with Crippen LogP contribution in [0.25, 0.3) is 28.5 Å². The second-order valence-electron chi connectivity index (χ2n) is 10.5. The van der Waals surface area contributed by atoms with E-state index in [2.05, 4.69) is 38.8 Å². The Kier molecular flexibility index (Phi) is 6.72. The summed E-state index contributed by atoms with van der Waals surface area (Å²) in [5.41, 5.74) is 10.6. The van der Waals surface area contributed by atoms with Gasteiger partial charge in [0.1, 0.15) is 29.1 Å². The largest absolute Gasteiger partial charge is 0.443 e. The summed E-state index contributed by atoms with van der Waals surface area (Å²) in [4.78, 5) is 40.6. The number of pyridine rings is 2. The van der Waals surface area contributed by atoms with Crippen molar-refractivity contribution in [3.8, 4) is 22.8 Å². The molecule has 0 atom stereocenters. The lowest BCUT2D eigenvalue weighted by atomic mass is 10.00. The van der Waals surface area contributed by atoms with E-state index in [0.717, 1.165) is 48.1 Å². The fourth-order valence-electron chi connectivity index (χ4n) is 5.12. The highest BCUT2D eigenvalue weighted by molar-refractivity contribution is 5.99. The van der Waals surface area contributed by atoms with Crippen LogP contribution in [-0.2, 0) is 6.42 Å². The number of hydrogen-bond donors (Lipinski definition) is 1. The van der Waals surface area contributed by atoms with Crippen molar-refractivity contribution >= 4 is 23.1 Å². The van der Waals surface area contributed by atoms with Crippen LogP contribution in [0.15, 0.2) is 59.6 Å². The Morgan fingerprint density at radius 1 is 1.10 bits per heavy atom. The zero-order valence-electron chi connectivity index (χ0n) is 22.8. The van der Waals surface area contributed by atoms with Crippen molar-refractivity contribution in [2.45, 2.75) is 19.8 Å². The second-order valence-corrected chi connectivity index (χ2v) is 10.5. The first kappa shape index (κ1) is 25.6. The van der Waals surface area contributed by atoms with Crippen LogP contribution >= 0.6 is 0 Å². The number of fused-ring (bicyclic) bond motifs is 1. The van der Waals surface area contributed by atoms with Crippen molar-refractivity contribution in [2.24, 2.45) is 5.92 Å². The van der Waals surface area contributed by atoms with Crippen molar-refractivity contribution in [1.82, 2.24) is 34.2 Å². The molecule has 0 unspecified atom stereocenters. The minimum absolute atomic E-state index is 0.0380. The molecule has 0 aliphatic carbocycles. The van der Waals surface area contributed by atoms with Crippen LogP contribution in [0.1, 0.15) is 28.3 Å². The van der Waals surface area contributed by atoms with E-state index >= 15 is 0 Å². The number of nitrogen functional groups attached to an aromatic ring is 1. The van der Waals surface area contributed by atoms with Crippen molar-refractivity contribution < 1.29 is 9.21 Å². The predicted octanol–water partition coefficient (Wildman–Crippen LogP) is 3.55. The number of anilines is 2. The molecule has 6 rings (SSSR count). The summed E-state index contributed by atoms with van der Waals surface area (Å²) in [6, 6.07) is 9.74. The fourth-order valence-corrected chi connectivity index (χ4v) is 5.12. The number of imidazole rings is 1. The van der Waals surface area contributed by atoms with Crippen molar-refractivity contribution in [3.05, 3.63) is 72.3 Å². The number of ketones is 1. The molecule has 1 saturated heterocycles. The predicted molar refractivity (Wildman–Crippen MR) is 152 cm³/mol. The molecular formula is C29H31N9O2. The lowest BCUT2D eigenvalue weighted by Crippen LogP contribution is -2.51. The van der Waals surface area contributed by atoms with Crippen LogP contribution in [0, 0.1) is 12.8 Å². The molecule has 11 heteroatoms. The summed E-state index contributed by atoms with van der Waals surface area (Å²) in [6.07, 6.45) is 7.37. The summed E-state index contributed by atoms with van der Waals surface area (Å²) in [5, 5.41) is 0. The number of oxazole rings is 1. The highest BCUT2D eigenvalue weighted by Gasteiger charge is 2.28. The number of hydrogen-bond acceptors (Lipinski definition) is 10. The van der Waals surface area contributed by atoms with E-state index in [0.29, 0.717) is 23.7 Å². The highest BCUT2D eigenvalue weighted by Crippen LogP contribution is 2.31. The molecule has 1 fully saturated rings. The number of nitrogens with zero attached hydrogens (tertiary/aromatic N) is 8. The molecule has 6 heterocycles. The van der Waals surface area contributed by atoms with Gasteiger partial charge in [-0.15, -0.1) is 0 Å². The zero-order valence-corrected chi connectivity index (χ0v) is 22.8. The van der Waals surface area contributed by atoms with Gasteiger partial charge in [-0.05, 0) is 51.7 Å². The zero-order chi connectivity index (χ0) is 27.8. The first-order valence-corrected chi connectivity index (χ1v) is 13.3. The summed E-state index contributed by atoms with van der Waals surface area (Å²) >= 11 is 0. The van der Waals surface area contributed by atoms with Gasteiger partial charge < -0.3 is 24.4 Å². The van der Waals surface area contributed by atoms with E-state index in [1.807, 2.05) is 47.9 Å². The highest BCUT2D eigenvalue weighted by atomic mass is 16.3. The first-order valence-electron chi connectivity index (χ1n) is 13.3. The van der Waals surface area contributed by atoms with Gasteiger partial charge in [-0.3, -0.25) is 4.79 Å².